The van der Waals surface area contributed by atoms with Crippen molar-refractivity contribution in [1.82, 2.24) is 0 Å². The first-order valence-corrected chi connectivity index (χ1v) is 7.83. The Balaban J connectivity index is -0.000000105. The Hall–Kier alpha value is 2.81. The Kier molecular flexibility index (Phi) is 37.3. The number of carbonyl (C=O) groups excluding carboxylic acids is 2. The second-order valence-corrected chi connectivity index (χ2v) is 6.47. The Morgan fingerprint density at radius 3 is 1.54 bits per heavy atom. The van der Waals surface area contributed by atoms with Crippen LogP contribution in [0.25, 0.3) is 0 Å². The van der Waals surface area contributed by atoms with E-state index in [9.17, 15) is 19.8 Å². The molecule has 4 nitrogen and oxygen atoms in total. The number of rotatable bonds is 9. The van der Waals surface area contributed by atoms with Crippen LogP contribution in [0.2, 0.25) is 0 Å². The third-order valence-corrected chi connectivity index (χ3v) is 3.47. The number of carboxylic acids is 2. The van der Waals surface area contributed by atoms with Gasteiger partial charge in [-0.15, -0.1) is 0 Å². The van der Waals surface area contributed by atoms with E-state index < -0.39 is 18.4 Å². The van der Waals surface area contributed by atoms with Crippen LogP contribution >= 0.6 is 0 Å². The molecule has 0 aromatic carbocycles. The van der Waals surface area contributed by atoms with Crippen LogP contribution in [0.3, 0.4) is 0 Å². The molecular weight excluding hydrogens is 353 g/mol. The summed E-state index contributed by atoms with van der Waals surface area (Å²) >= 11 is 0. The molecule has 0 aromatic rings. The predicted octanol–water partition coefficient (Wildman–Crippen LogP) is -6.73. The van der Waals surface area contributed by atoms with Gasteiger partial charge in [0.25, 0.3) is 0 Å². The smallest absolute Gasteiger partial charge is 0.550 e. The minimum atomic E-state index is -1.63. The third-order valence-electron chi connectivity index (χ3n) is 3.47. The van der Waals surface area contributed by atoms with E-state index in [1.54, 1.807) is 5.92 Å². The van der Waals surface area contributed by atoms with E-state index >= 15 is 0 Å². The molecule has 7 heteroatoms. The summed E-state index contributed by atoms with van der Waals surface area (Å²) in [7, 11) is 0. The van der Waals surface area contributed by atoms with Crippen molar-refractivity contribution in [2.75, 3.05) is 0 Å². The van der Waals surface area contributed by atoms with Gasteiger partial charge in [-0.3, -0.25) is 0 Å². The molecule has 0 atom stereocenters. The van der Waals surface area contributed by atoms with Crippen LogP contribution in [0.4, 0.5) is 0 Å². The van der Waals surface area contributed by atoms with Crippen molar-refractivity contribution in [1.29, 1.82) is 0 Å². The zero-order valence-electron chi connectivity index (χ0n) is 17.3. The van der Waals surface area contributed by atoms with Crippen molar-refractivity contribution >= 4 is 11.9 Å². The van der Waals surface area contributed by atoms with Crippen molar-refractivity contribution in [3.05, 3.63) is 5.92 Å². The normalized spacial score (nSPS) is 9.58. The van der Waals surface area contributed by atoms with E-state index in [4.69, 9.17) is 0 Å². The zero-order valence-corrected chi connectivity index (χ0v) is 23.5. The van der Waals surface area contributed by atoms with Crippen LogP contribution in [-0.2, 0) is 9.59 Å². The van der Waals surface area contributed by atoms with Gasteiger partial charge in [0.2, 0.25) is 0 Å². The van der Waals surface area contributed by atoms with Gasteiger partial charge in [-0.1, -0.05) is 66.2 Å². The summed E-state index contributed by atoms with van der Waals surface area (Å²) in [6.07, 6.45) is 8.77. The molecule has 0 rings (SSSR count). The van der Waals surface area contributed by atoms with Gasteiger partial charge in [0.15, 0.2) is 0 Å². The summed E-state index contributed by atoms with van der Waals surface area (Å²) in [6.45, 7) is 11.5. The molecule has 0 aliphatic rings. The number of hydrogen-bond donors (Lipinski definition) is 0. The topological polar surface area (TPSA) is 80.3 Å². The molecule has 0 radical (unpaired) electrons. The van der Waals surface area contributed by atoms with Crippen molar-refractivity contribution < 1.29 is 141 Å². The van der Waals surface area contributed by atoms with Crippen molar-refractivity contribution in [2.45, 2.75) is 86.0 Å². The van der Waals surface area contributed by atoms with E-state index in [1.807, 2.05) is 0 Å². The standard InChI is InChI=1S/C14H29.C3H4O4.2K.Li/c1-6-7-8-9-10-11-12-13(2)14(3,4)5;4-2(5)1-3(6)7;;;/h6-12H2,1-5H3;1H2,(H,4,5)(H,6,7);;;/q-1;;3*+1/p-2. The number of unbranched alkanes of at least 4 members (excludes halogenated alkanes) is 5. The SMILES string of the molecule is CCCCCCCC[C-](C)C(C)(C)C.O=C([O-])CC(=O)[O-].[K+].[K+].[Li+]. The monoisotopic (exact) mass is 384 g/mol. The largest absolute Gasteiger partial charge is 1.00 e. The molecule has 0 aliphatic carbocycles. The molecule has 0 unspecified atom stereocenters. The van der Waals surface area contributed by atoms with Gasteiger partial charge in [-0.05, 0) is 0 Å². The van der Waals surface area contributed by atoms with Gasteiger partial charge >= 0.3 is 122 Å². The molecule has 24 heavy (non-hydrogen) atoms. The maximum atomic E-state index is 9.28. The Morgan fingerprint density at radius 2 is 1.25 bits per heavy atom. The molecule has 0 N–H and O–H groups in total. The van der Waals surface area contributed by atoms with E-state index in [0.29, 0.717) is 5.41 Å². The number of aliphatic carboxylic acids is 2. The van der Waals surface area contributed by atoms with E-state index in [1.165, 1.54) is 44.9 Å². The molecule has 0 spiro atoms. The number of hydrogen-bond acceptors (Lipinski definition) is 4. The summed E-state index contributed by atoms with van der Waals surface area (Å²) in [5, 5.41) is 18.6. The molecule has 0 aromatic heterocycles. The minimum absolute atomic E-state index is 0. The molecule has 0 bridgehead atoms. The fourth-order valence-electron chi connectivity index (χ4n) is 1.66. The van der Waals surface area contributed by atoms with Gasteiger partial charge < -0.3 is 25.7 Å². The van der Waals surface area contributed by atoms with Crippen LogP contribution in [-0.4, -0.2) is 11.9 Å². The van der Waals surface area contributed by atoms with Gasteiger partial charge in [-0.25, -0.2) is 0 Å². The van der Waals surface area contributed by atoms with Gasteiger partial charge in [0.1, 0.15) is 0 Å². The Labute approximate surface area is 246 Å². The molecule has 0 heterocycles. The first kappa shape index (κ1) is 37.5. The van der Waals surface area contributed by atoms with Crippen molar-refractivity contribution in [2.24, 2.45) is 5.41 Å². The second kappa shape index (κ2) is 23.8. The fourth-order valence-corrected chi connectivity index (χ4v) is 1.66. The first-order valence-electron chi connectivity index (χ1n) is 7.83. The van der Waals surface area contributed by atoms with Crippen molar-refractivity contribution in [3.8, 4) is 0 Å². The molecule has 0 aliphatic heterocycles. The third kappa shape index (κ3) is 32.5. The van der Waals surface area contributed by atoms with Crippen LogP contribution in [0.1, 0.15) is 86.0 Å². The van der Waals surface area contributed by atoms with E-state index in [-0.39, 0.29) is 122 Å². The average molecular weight is 385 g/mol. The number of carbonyl (C=O) groups is 2. The van der Waals surface area contributed by atoms with Crippen LogP contribution in [0, 0.1) is 11.3 Å². The van der Waals surface area contributed by atoms with Gasteiger partial charge in [0, 0.05) is 18.4 Å². The predicted molar refractivity (Wildman–Crippen MR) is 81.0 cm³/mol. The van der Waals surface area contributed by atoms with Crippen LogP contribution in [0.15, 0.2) is 0 Å². The van der Waals surface area contributed by atoms with Gasteiger partial charge in [0.05, 0.1) is 0 Å². The molecule has 0 saturated heterocycles. The van der Waals surface area contributed by atoms with E-state index in [0.717, 1.165) is 0 Å². The maximum Gasteiger partial charge on any atom is 1.00 e. The Morgan fingerprint density at radius 1 is 0.875 bits per heavy atom. The summed E-state index contributed by atoms with van der Waals surface area (Å²) in [4.78, 5) is 18.6. The minimum Gasteiger partial charge on any atom is -0.550 e. The quantitative estimate of drug-likeness (QED) is 0.171. The average Bonchev–Trinajstić information content (AvgIpc) is 2.31. The van der Waals surface area contributed by atoms with Gasteiger partial charge in [-0.2, -0.15) is 18.8 Å². The molecular formula is C17H31K2LiO4. The summed E-state index contributed by atoms with van der Waals surface area (Å²) < 4.78 is 0. The maximum absolute atomic E-state index is 9.28. The first-order chi connectivity index (χ1) is 9.61. The molecule has 126 valence electrons. The van der Waals surface area contributed by atoms with Crippen molar-refractivity contribution in [3.63, 3.8) is 0 Å². The van der Waals surface area contributed by atoms with Crippen LogP contribution < -0.4 is 132 Å². The second-order valence-electron chi connectivity index (χ2n) is 6.47. The van der Waals surface area contributed by atoms with Crippen LogP contribution in [0.5, 0.6) is 0 Å². The van der Waals surface area contributed by atoms with E-state index in [2.05, 4.69) is 34.6 Å². The molecule has 0 fully saturated rings. The fraction of sp³-hybridized carbons (Fsp3) is 0.824. The zero-order chi connectivity index (χ0) is 16.9. The molecule has 0 saturated carbocycles. The number of carboxylic acid groups (broad SMARTS) is 2. The Bertz CT molecular complexity index is 283. The summed E-state index contributed by atoms with van der Waals surface area (Å²) in [5.41, 5.74) is 0.420. The summed E-state index contributed by atoms with van der Waals surface area (Å²) in [5.74, 6) is -1.59. The summed E-state index contributed by atoms with van der Waals surface area (Å²) in [6, 6.07) is 0. The molecule has 0 amide bonds.